The first kappa shape index (κ1) is 10.7. The highest BCUT2D eigenvalue weighted by atomic mass is 35.5. The van der Waals surface area contributed by atoms with E-state index in [9.17, 15) is 9.59 Å². The Balaban J connectivity index is 3.53. The molecule has 0 atom stereocenters. The van der Waals surface area contributed by atoms with E-state index in [0.29, 0.717) is 0 Å². The van der Waals surface area contributed by atoms with Crippen molar-refractivity contribution in [3.63, 3.8) is 0 Å². The minimum absolute atomic E-state index is 0.103. The van der Waals surface area contributed by atoms with E-state index in [0.717, 1.165) is 6.20 Å². The number of nitrogens with zero attached hydrogens (tertiary/aromatic N) is 1. The van der Waals surface area contributed by atoms with Gasteiger partial charge in [0.05, 0.1) is 10.0 Å². The molecule has 74 valence electrons. The van der Waals surface area contributed by atoms with Gasteiger partial charge in [0.1, 0.15) is 5.56 Å². The molecule has 0 radical (unpaired) electrons. The minimum Gasteiger partial charge on any atom is -0.478 e. The lowest BCUT2D eigenvalue weighted by atomic mass is 10.2. The van der Waals surface area contributed by atoms with Crippen molar-refractivity contribution in [2.24, 2.45) is 0 Å². The van der Waals surface area contributed by atoms with Crippen LogP contribution in [0.4, 0.5) is 0 Å². The monoisotopic (exact) mass is 235 g/mol. The van der Waals surface area contributed by atoms with Crippen LogP contribution in [0.2, 0.25) is 10.0 Å². The number of pyridine rings is 1. The van der Waals surface area contributed by atoms with Gasteiger partial charge in [-0.25, -0.2) is 14.6 Å². The predicted molar refractivity (Wildman–Crippen MR) is 48.2 cm³/mol. The third-order valence-electron chi connectivity index (χ3n) is 1.39. The first-order valence-electron chi connectivity index (χ1n) is 3.25. The van der Waals surface area contributed by atoms with E-state index in [1.807, 2.05) is 0 Å². The number of halogens is 2. The van der Waals surface area contributed by atoms with Crippen LogP contribution in [0.25, 0.3) is 0 Å². The van der Waals surface area contributed by atoms with Crippen LogP contribution >= 0.6 is 23.2 Å². The Morgan fingerprint density at radius 1 is 1.21 bits per heavy atom. The number of carbonyl (C=O) groups is 2. The first-order valence-corrected chi connectivity index (χ1v) is 4.01. The van der Waals surface area contributed by atoms with E-state index in [2.05, 4.69) is 4.98 Å². The molecule has 0 aliphatic heterocycles. The maximum Gasteiger partial charge on any atom is 0.355 e. The maximum atomic E-state index is 10.7. The molecule has 0 saturated carbocycles. The predicted octanol–water partition coefficient (Wildman–Crippen LogP) is 1.78. The molecule has 1 heterocycles. The van der Waals surface area contributed by atoms with Crippen molar-refractivity contribution < 1.29 is 19.8 Å². The van der Waals surface area contributed by atoms with Gasteiger partial charge in [0, 0.05) is 6.20 Å². The summed E-state index contributed by atoms with van der Waals surface area (Å²) >= 11 is 11.0. The molecule has 0 aliphatic rings. The maximum absolute atomic E-state index is 10.7. The zero-order valence-corrected chi connectivity index (χ0v) is 8.00. The molecule has 14 heavy (non-hydrogen) atoms. The van der Waals surface area contributed by atoms with Crippen molar-refractivity contribution in [2.75, 3.05) is 0 Å². The van der Waals surface area contributed by atoms with Crippen LogP contribution in [0.15, 0.2) is 6.20 Å². The van der Waals surface area contributed by atoms with Gasteiger partial charge >= 0.3 is 11.9 Å². The van der Waals surface area contributed by atoms with Gasteiger partial charge in [0.2, 0.25) is 0 Å². The van der Waals surface area contributed by atoms with Gasteiger partial charge in [-0.2, -0.15) is 0 Å². The van der Waals surface area contributed by atoms with E-state index in [1.54, 1.807) is 0 Å². The Hall–Kier alpha value is -1.33. The summed E-state index contributed by atoms with van der Waals surface area (Å²) in [5.41, 5.74) is -1.24. The Bertz CT molecular complexity index is 418. The molecule has 0 aliphatic carbocycles. The Kier molecular flexibility index (Phi) is 2.93. The van der Waals surface area contributed by atoms with Crippen molar-refractivity contribution in [3.8, 4) is 0 Å². The molecule has 0 fully saturated rings. The number of aromatic carboxylic acids is 2. The topological polar surface area (TPSA) is 87.5 Å². The highest BCUT2D eigenvalue weighted by molar-refractivity contribution is 6.44. The number of hydrogen-bond acceptors (Lipinski definition) is 3. The zero-order valence-electron chi connectivity index (χ0n) is 6.49. The number of carboxylic acids is 2. The molecular formula is C7H3Cl2NO4. The Morgan fingerprint density at radius 3 is 2.21 bits per heavy atom. The summed E-state index contributed by atoms with van der Waals surface area (Å²) in [5.74, 6) is -2.96. The molecule has 0 unspecified atom stereocenters. The SMILES string of the molecule is O=C(O)c1ncc(Cl)c(Cl)c1C(=O)O. The fourth-order valence-corrected chi connectivity index (χ4v) is 1.19. The van der Waals surface area contributed by atoms with Crippen molar-refractivity contribution in [1.29, 1.82) is 0 Å². The van der Waals surface area contributed by atoms with Gasteiger partial charge < -0.3 is 10.2 Å². The van der Waals surface area contributed by atoms with Gasteiger partial charge in [0.25, 0.3) is 0 Å². The number of aromatic nitrogens is 1. The van der Waals surface area contributed by atoms with Crippen LogP contribution in [-0.2, 0) is 0 Å². The van der Waals surface area contributed by atoms with E-state index in [4.69, 9.17) is 33.4 Å². The summed E-state index contributed by atoms with van der Waals surface area (Å²) in [4.78, 5) is 24.6. The Morgan fingerprint density at radius 2 is 1.79 bits per heavy atom. The van der Waals surface area contributed by atoms with E-state index in [1.165, 1.54) is 0 Å². The van der Waals surface area contributed by atoms with E-state index >= 15 is 0 Å². The third kappa shape index (κ3) is 1.78. The van der Waals surface area contributed by atoms with Gasteiger partial charge in [-0.15, -0.1) is 0 Å². The Labute approximate surface area is 87.9 Å². The molecular weight excluding hydrogens is 233 g/mol. The standard InChI is InChI=1S/C7H3Cl2NO4/c8-2-1-10-5(7(13)14)3(4(2)9)6(11)12/h1H,(H,11,12)(H,13,14). The highest BCUT2D eigenvalue weighted by Gasteiger charge is 2.22. The third-order valence-corrected chi connectivity index (χ3v) is 2.17. The lowest BCUT2D eigenvalue weighted by molar-refractivity contribution is 0.0646. The summed E-state index contributed by atoms with van der Waals surface area (Å²) in [7, 11) is 0. The van der Waals surface area contributed by atoms with Crippen molar-refractivity contribution in [3.05, 3.63) is 27.5 Å². The average Bonchev–Trinajstić information content (AvgIpc) is 2.08. The van der Waals surface area contributed by atoms with Gasteiger partial charge in [-0.3, -0.25) is 0 Å². The molecule has 0 bridgehead atoms. The number of hydrogen-bond donors (Lipinski definition) is 2. The minimum atomic E-state index is -1.48. The molecule has 0 amide bonds. The molecule has 1 rings (SSSR count). The lowest BCUT2D eigenvalue weighted by Crippen LogP contribution is -2.11. The zero-order chi connectivity index (χ0) is 10.9. The second-order valence-corrected chi connectivity index (χ2v) is 3.04. The summed E-state index contributed by atoms with van der Waals surface area (Å²) in [5, 5.41) is 16.8. The van der Waals surface area contributed by atoms with Crippen LogP contribution < -0.4 is 0 Å². The summed E-state index contributed by atoms with van der Waals surface area (Å²) in [6.07, 6.45) is 0.986. The second kappa shape index (κ2) is 3.81. The highest BCUT2D eigenvalue weighted by Crippen LogP contribution is 2.26. The fraction of sp³-hybridized carbons (Fsp3) is 0. The van der Waals surface area contributed by atoms with Crippen molar-refractivity contribution in [2.45, 2.75) is 0 Å². The van der Waals surface area contributed by atoms with Crippen LogP contribution in [0.1, 0.15) is 20.8 Å². The lowest BCUT2D eigenvalue weighted by Gasteiger charge is -2.03. The first-order chi connectivity index (χ1) is 6.45. The molecule has 0 spiro atoms. The van der Waals surface area contributed by atoms with Crippen LogP contribution in [0.3, 0.4) is 0 Å². The quantitative estimate of drug-likeness (QED) is 0.816. The number of rotatable bonds is 2. The van der Waals surface area contributed by atoms with Crippen molar-refractivity contribution >= 4 is 35.1 Å². The largest absolute Gasteiger partial charge is 0.478 e. The molecule has 5 nitrogen and oxygen atoms in total. The molecule has 1 aromatic rings. The van der Waals surface area contributed by atoms with Gasteiger partial charge in [0.15, 0.2) is 5.69 Å². The number of carboxylic acid groups (broad SMARTS) is 2. The normalized spacial score (nSPS) is 9.86. The van der Waals surface area contributed by atoms with Crippen LogP contribution in [0, 0.1) is 0 Å². The molecule has 0 aromatic carbocycles. The fourth-order valence-electron chi connectivity index (χ4n) is 0.823. The molecule has 2 N–H and O–H groups in total. The molecule has 1 aromatic heterocycles. The second-order valence-electron chi connectivity index (χ2n) is 2.25. The summed E-state index contributed by atoms with van der Waals surface area (Å²) in [6, 6.07) is 0. The van der Waals surface area contributed by atoms with E-state index in [-0.39, 0.29) is 10.0 Å². The van der Waals surface area contributed by atoms with Gasteiger partial charge in [-0.1, -0.05) is 23.2 Å². The molecule has 0 saturated heterocycles. The molecule has 7 heteroatoms. The average molecular weight is 236 g/mol. The van der Waals surface area contributed by atoms with Crippen molar-refractivity contribution in [1.82, 2.24) is 4.98 Å². The van der Waals surface area contributed by atoms with Gasteiger partial charge in [-0.05, 0) is 0 Å². The van der Waals surface area contributed by atoms with E-state index < -0.39 is 23.2 Å². The summed E-state index contributed by atoms with van der Waals surface area (Å²) in [6.45, 7) is 0. The van der Waals surface area contributed by atoms with Crippen LogP contribution in [-0.4, -0.2) is 27.1 Å². The summed E-state index contributed by atoms with van der Waals surface area (Å²) < 4.78 is 0. The van der Waals surface area contributed by atoms with Crippen LogP contribution in [0.5, 0.6) is 0 Å². The smallest absolute Gasteiger partial charge is 0.355 e.